The number of benzene rings is 4. The van der Waals surface area contributed by atoms with Crippen LogP contribution in [0.4, 0.5) is 0 Å². The Morgan fingerprint density at radius 1 is 0.647 bits per heavy atom. The molecular formula is C30H31BrO2Si. The second kappa shape index (κ2) is 10.6. The lowest BCUT2D eigenvalue weighted by Crippen LogP contribution is -2.68. The lowest BCUT2D eigenvalue weighted by molar-refractivity contribution is 0.305. The molecular weight excluding hydrogens is 500 g/mol. The first-order chi connectivity index (χ1) is 16.4. The molecule has 0 aliphatic rings. The van der Waals surface area contributed by atoms with Gasteiger partial charge in [0.1, 0.15) is 18.1 Å². The molecule has 4 heteroatoms. The van der Waals surface area contributed by atoms with Crippen LogP contribution < -0.4 is 19.5 Å². The van der Waals surface area contributed by atoms with Gasteiger partial charge in [-0.1, -0.05) is 128 Å². The molecule has 0 atom stereocenters. The van der Waals surface area contributed by atoms with E-state index in [1.165, 1.54) is 10.4 Å². The topological polar surface area (TPSA) is 18.5 Å². The van der Waals surface area contributed by atoms with E-state index in [1.807, 2.05) is 24.3 Å². The number of halogens is 1. The normalized spacial score (nSPS) is 11.8. The Morgan fingerprint density at radius 3 is 1.65 bits per heavy atom. The van der Waals surface area contributed by atoms with Crippen molar-refractivity contribution in [3.8, 4) is 11.5 Å². The molecule has 0 unspecified atom stereocenters. The smallest absolute Gasteiger partial charge is 0.319 e. The van der Waals surface area contributed by atoms with Crippen LogP contribution in [-0.4, -0.2) is 8.32 Å². The van der Waals surface area contributed by atoms with Gasteiger partial charge in [0, 0.05) is 11.4 Å². The third-order valence-electron chi connectivity index (χ3n) is 6.03. The first kappa shape index (κ1) is 24.3. The standard InChI is InChI=1S/C30H31BrO2Si/c1-30(2,3)34(28-15-9-5-10-16-28,29-17-11-6-12-18-29)33-27-20-25(22-31)19-26(21-27)32-23-24-13-7-4-8-14-24/h4-21H,22-23H2,1-3H3. The van der Waals surface area contributed by atoms with E-state index in [9.17, 15) is 0 Å². The molecule has 0 spiro atoms. The lowest BCUT2D eigenvalue weighted by atomic mass is 10.2. The molecule has 0 saturated heterocycles. The Kier molecular flexibility index (Phi) is 7.59. The fraction of sp³-hybridized carbons (Fsp3) is 0.200. The molecule has 0 aliphatic heterocycles. The molecule has 4 rings (SSSR count). The molecule has 0 bridgehead atoms. The molecule has 2 nitrogen and oxygen atoms in total. The maximum Gasteiger partial charge on any atom is 0.319 e. The van der Waals surface area contributed by atoms with E-state index >= 15 is 0 Å². The Hall–Kier alpha value is -2.82. The minimum atomic E-state index is -2.71. The first-order valence-corrected chi connectivity index (χ1v) is 14.6. The second-order valence-corrected chi connectivity index (χ2v) is 14.3. The van der Waals surface area contributed by atoms with Crippen LogP contribution in [-0.2, 0) is 11.9 Å². The Balaban J connectivity index is 1.78. The fourth-order valence-electron chi connectivity index (χ4n) is 4.42. The third-order valence-corrected chi connectivity index (χ3v) is 11.6. The largest absolute Gasteiger partial charge is 0.534 e. The summed E-state index contributed by atoms with van der Waals surface area (Å²) in [5.74, 6) is 1.66. The molecule has 0 amide bonds. The second-order valence-electron chi connectivity index (χ2n) is 9.49. The summed E-state index contributed by atoms with van der Waals surface area (Å²) < 4.78 is 13.4. The summed E-state index contributed by atoms with van der Waals surface area (Å²) in [6.45, 7) is 7.40. The minimum Gasteiger partial charge on any atom is -0.534 e. The van der Waals surface area contributed by atoms with E-state index in [2.05, 4.69) is 122 Å². The number of ether oxygens (including phenoxy) is 1. The average Bonchev–Trinajstić information content (AvgIpc) is 2.87. The Labute approximate surface area is 212 Å². The van der Waals surface area contributed by atoms with Gasteiger partial charge in [0.2, 0.25) is 0 Å². The van der Waals surface area contributed by atoms with Crippen molar-refractivity contribution < 1.29 is 9.16 Å². The predicted octanol–water partition coefficient (Wildman–Crippen LogP) is 7.10. The number of hydrogen-bond donors (Lipinski definition) is 0. The zero-order valence-corrected chi connectivity index (χ0v) is 22.6. The minimum absolute atomic E-state index is 0.106. The van der Waals surface area contributed by atoms with Crippen LogP contribution in [0.25, 0.3) is 0 Å². The monoisotopic (exact) mass is 530 g/mol. The number of alkyl halides is 1. The van der Waals surface area contributed by atoms with Gasteiger partial charge in [-0.3, -0.25) is 0 Å². The summed E-state index contributed by atoms with van der Waals surface area (Å²) in [6.07, 6.45) is 0. The van der Waals surface area contributed by atoms with Gasteiger partial charge >= 0.3 is 8.32 Å². The zero-order chi connectivity index (χ0) is 24.0. The summed E-state index contributed by atoms with van der Waals surface area (Å²) in [7, 11) is -2.71. The number of rotatable bonds is 8. The van der Waals surface area contributed by atoms with Crippen LogP contribution in [0.2, 0.25) is 5.04 Å². The lowest BCUT2D eigenvalue weighted by Gasteiger charge is -2.43. The van der Waals surface area contributed by atoms with E-state index in [0.717, 1.165) is 28.0 Å². The van der Waals surface area contributed by atoms with Crippen molar-refractivity contribution in [2.24, 2.45) is 0 Å². The van der Waals surface area contributed by atoms with Crippen molar-refractivity contribution >= 4 is 34.6 Å². The van der Waals surface area contributed by atoms with Crippen molar-refractivity contribution in [1.82, 2.24) is 0 Å². The highest BCUT2D eigenvalue weighted by molar-refractivity contribution is 9.08. The molecule has 34 heavy (non-hydrogen) atoms. The van der Waals surface area contributed by atoms with Gasteiger partial charge in [0.15, 0.2) is 0 Å². The quantitative estimate of drug-likeness (QED) is 0.178. The van der Waals surface area contributed by atoms with Gasteiger partial charge in [0.25, 0.3) is 0 Å². The zero-order valence-electron chi connectivity index (χ0n) is 20.0. The van der Waals surface area contributed by atoms with Crippen LogP contribution >= 0.6 is 15.9 Å². The van der Waals surface area contributed by atoms with Gasteiger partial charge in [0.05, 0.1) is 0 Å². The summed E-state index contributed by atoms with van der Waals surface area (Å²) in [4.78, 5) is 0. The molecule has 0 aliphatic carbocycles. The molecule has 0 fully saturated rings. The summed E-state index contributed by atoms with van der Waals surface area (Å²) in [5, 5.41) is 3.13. The van der Waals surface area contributed by atoms with Crippen LogP contribution in [0.1, 0.15) is 31.9 Å². The van der Waals surface area contributed by atoms with Gasteiger partial charge in [-0.15, -0.1) is 0 Å². The van der Waals surface area contributed by atoms with Crippen molar-refractivity contribution in [2.45, 2.75) is 37.7 Å². The van der Waals surface area contributed by atoms with Crippen LogP contribution in [0.3, 0.4) is 0 Å². The maximum atomic E-state index is 7.21. The predicted molar refractivity (Wildman–Crippen MR) is 148 cm³/mol. The summed E-state index contributed by atoms with van der Waals surface area (Å²) >= 11 is 3.63. The van der Waals surface area contributed by atoms with E-state index in [-0.39, 0.29) is 5.04 Å². The van der Waals surface area contributed by atoms with Crippen molar-refractivity contribution in [3.63, 3.8) is 0 Å². The first-order valence-electron chi connectivity index (χ1n) is 11.6. The average molecular weight is 532 g/mol. The number of hydrogen-bond acceptors (Lipinski definition) is 2. The molecule has 0 saturated carbocycles. The molecule has 0 heterocycles. The van der Waals surface area contributed by atoms with E-state index in [4.69, 9.17) is 9.16 Å². The summed E-state index contributed by atoms with van der Waals surface area (Å²) in [5.41, 5.74) is 2.26. The van der Waals surface area contributed by atoms with E-state index in [1.54, 1.807) is 0 Å². The van der Waals surface area contributed by atoms with Crippen LogP contribution in [0.5, 0.6) is 11.5 Å². The van der Waals surface area contributed by atoms with Gasteiger partial charge in [-0.25, -0.2) is 0 Å². The maximum absolute atomic E-state index is 7.21. The summed E-state index contributed by atoms with van der Waals surface area (Å²) in [6, 6.07) is 37.9. The Bertz CT molecular complexity index is 1150. The van der Waals surface area contributed by atoms with Gasteiger partial charge in [-0.2, -0.15) is 0 Å². The van der Waals surface area contributed by atoms with Crippen molar-refractivity contribution in [1.29, 1.82) is 0 Å². The van der Waals surface area contributed by atoms with E-state index < -0.39 is 8.32 Å². The molecule has 4 aromatic carbocycles. The van der Waals surface area contributed by atoms with Crippen molar-refractivity contribution in [2.75, 3.05) is 0 Å². The highest BCUT2D eigenvalue weighted by Gasteiger charge is 2.52. The SMILES string of the molecule is CC(C)(C)[Si](Oc1cc(CBr)cc(OCc2ccccc2)c1)(c1ccccc1)c1ccccc1. The Morgan fingerprint density at radius 2 is 1.15 bits per heavy atom. The van der Waals surface area contributed by atoms with Gasteiger partial charge < -0.3 is 9.16 Å². The fourth-order valence-corrected chi connectivity index (χ4v) is 9.14. The van der Waals surface area contributed by atoms with Crippen molar-refractivity contribution in [3.05, 3.63) is 120 Å². The molecule has 4 aromatic rings. The molecule has 0 N–H and O–H groups in total. The molecule has 0 radical (unpaired) electrons. The molecule has 0 aromatic heterocycles. The highest BCUT2D eigenvalue weighted by atomic mass is 79.9. The third kappa shape index (κ3) is 5.29. The van der Waals surface area contributed by atoms with Gasteiger partial charge in [-0.05, 0) is 38.7 Å². The molecule has 174 valence electrons. The highest BCUT2D eigenvalue weighted by Crippen LogP contribution is 2.38. The van der Waals surface area contributed by atoms with Crippen LogP contribution in [0.15, 0.2) is 109 Å². The van der Waals surface area contributed by atoms with E-state index in [0.29, 0.717) is 6.61 Å². The van der Waals surface area contributed by atoms with Crippen LogP contribution in [0, 0.1) is 0 Å².